The molecular formula is C8H16NS+3. The van der Waals surface area contributed by atoms with Crippen molar-refractivity contribution in [3.8, 4) is 0 Å². The summed E-state index contributed by atoms with van der Waals surface area (Å²) in [4.78, 5) is 0. The highest BCUT2D eigenvalue weighted by Gasteiger charge is 2.07. The molecule has 56 valence electrons. The summed E-state index contributed by atoms with van der Waals surface area (Å²) < 4.78 is 0.951. The van der Waals surface area contributed by atoms with Crippen LogP contribution in [0.25, 0.3) is 0 Å². The Morgan fingerprint density at radius 3 is 1.60 bits per heavy atom. The lowest BCUT2D eigenvalue weighted by atomic mass is 10.4. The van der Waals surface area contributed by atoms with Crippen molar-refractivity contribution in [2.75, 3.05) is 27.2 Å². The summed E-state index contributed by atoms with van der Waals surface area (Å²) in [7, 11) is 4.31. The third-order valence-corrected chi connectivity index (χ3v) is 1.25. The van der Waals surface area contributed by atoms with Gasteiger partial charge in [0.15, 0.2) is 0 Å². The third kappa shape index (κ3) is 5.92. The van der Waals surface area contributed by atoms with Gasteiger partial charge in [0.2, 0.25) is 0 Å². The minimum Gasteiger partial charge on any atom is -0.322 e. The zero-order valence-electron chi connectivity index (χ0n) is 6.84. The lowest BCUT2D eigenvalue weighted by molar-refractivity contribution is -0.878. The second-order valence-corrected chi connectivity index (χ2v) is 2.88. The zero-order chi connectivity index (χ0) is 7.33. The molecule has 0 atom stereocenters. The van der Waals surface area contributed by atoms with Crippen molar-refractivity contribution in [3.63, 3.8) is 0 Å². The van der Waals surface area contributed by atoms with E-state index in [1.807, 2.05) is 12.2 Å². The number of quaternary nitrogens is 1. The molecule has 0 saturated carbocycles. The Morgan fingerprint density at radius 1 is 1.10 bits per heavy atom. The van der Waals surface area contributed by atoms with E-state index in [0.717, 1.165) is 17.6 Å². The van der Waals surface area contributed by atoms with E-state index >= 15 is 0 Å². The smallest absolute Gasteiger partial charge is 0.322 e. The molecule has 0 aliphatic carbocycles. The first-order chi connectivity index (χ1) is 4.12. The van der Waals surface area contributed by atoms with Crippen molar-refractivity contribution < 1.29 is 4.48 Å². The summed E-state index contributed by atoms with van der Waals surface area (Å²) in [6, 6.07) is 0. The van der Waals surface area contributed by atoms with Crippen molar-refractivity contribution in [1.29, 1.82) is 0 Å². The van der Waals surface area contributed by atoms with E-state index in [0.29, 0.717) is 0 Å². The van der Waals surface area contributed by atoms with Crippen molar-refractivity contribution >= 4 is 13.5 Å². The number of hydrogen-bond acceptors (Lipinski definition) is 0. The minimum absolute atomic E-state index is 0. The SMILES string of the molecule is C=CC[N+](C)(C)CC=C.[S+2]. The number of rotatable bonds is 4. The molecule has 1 nitrogen and oxygen atoms in total. The Bertz CT molecular complexity index is 95.8. The van der Waals surface area contributed by atoms with E-state index in [2.05, 4.69) is 27.3 Å². The lowest BCUT2D eigenvalue weighted by Gasteiger charge is -2.26. The average molecular weight is 158 g/mol. The molecule has 0 fully saturated rings. The van der Waals surface area contributed by atoms with Gasteiger partial charge in [0.1, 0.15) is 0 Å². The predicted molar refractivity (Wildman–Crippen MR) is 49.6 cm³/mol. The van der Waals surface area contributed by atoms with E-state index in [1.54, 1.807) is 0 Å². The van der Waals surface area contributed by atoms with Gasteiger partial charge in [-0.1, -0.05) is 13.2 Å². The first-order valence-corrected chi connectivity index (χ1v) is 3.16. The van der Waals surface area contributed by atoms with E-state index in [4.69, 9.17) is 0 Å². The van der Waals surface area contributed by atoms with Crippen LogP contribution < -0.4 is 0 Å². The van der Waals surface area contributed by atoms with Gasteiger partial charge in [-0.15, -0.1) is 0 Å². The second kappa shape index (κ2) is 5.57. The third-order valence-electron chi connectivity index (χ3n) is 1.25. The highest BCUT2D eigenvalue weighted by molar-refractivity contribution is 7.37. The van der Waals surface area contributed by atoms with Gasteiger partial charge < -0.3 is 4.48 Å². The van der Waals surface area contributed by atoms with Crippen LogP contribution in [-0.4, -0.2) is 31.7 Å². The Morgan fingerprint density at radius 2 is 1.40 bits per heavy atom. The normalized spacial score (nSPS) is 9.80. The topological polar surface area (TPSA) is 0 Å². The maximum absolute atomic E-state index is 3.68. The monoisotopic (exact) mass is 158 g/mol. The van der Waals surface area contributed by atoms with Crippen LogP contribution in [0.15, 0.2) is 25.3 Å². The van der Waals surface area contributed by atoms with Gasteiger partial charge in [0.05, 0.1) is 27.2 Å². The largest absolute Gasteiger partial charge is 2.00 e. The molecule has 0 aliphatic rings. The van der Waals surface area contributed by atoms with Gasteiger partial charge in [0, 0.05) is 0 Å². The Labute approximate surface area is 71.1 Å². The highest BCUT2D eigenvalue weighted by Crippen LogP contribution is 1.95. The van der Waals surface area contributed by atoms with E-state index < -0.39 is 0 Å². The van der Waals surface area contributed by atoms with Gasteiger partial charge in [-0.25, -0.2) is 0 Å². The zero-order valence-corrected chi connectivity index (χ0v) is 7.66. The molecule has 2 heteroatoms. The molecular weight excluding hydrogens is 142 g/mol. The number of hydrogen-bond donors (Lipinski definition) is 0. The van der Waals surface area contributed by atoms with Crippen LogP contribution in [0.1, 0.15) is 0 Å². The van der Waals surface area contributed by atoms with Crippen molar-refractivity contribution in [2.45, 2.75) is 0 Å². The molecule has 0 aromatic carbocycles. The molecule has 0 spiro atoms. The van der Waals surface area contributed by atoms with Crippen LogP contribution in [0.2, 0.25) is 0 Å². The number of likely N-dealkylation sites (N-methyl/N-ethyl adjacent to an activating group) is 1. The fourth-order valence-corrected chi connectivity index (χ4v) is 0.774. The molecule has 0 heterocycles. The summed E-state index contributed by atoms with van der Waals surface area (Å²) >= 11 is 0. The molecule has 0 aromatic heterocycles. The standard InChI is InChI=1S/C8H16N.S/c1-5-7-9(3,4)8-6-2;/h5-6H,1-2,7-8H2,3-4H3;/q+1;+2. The molecule has 0 aliphatic heterocycles. The van der Waals surface area contributed by atoms with Crippen molar-refractivity contribution in [2.24, 2.45) is 0 Å². The number of nitrogens with zero attached hydrogens (tertiary/aromatic N) is 1. The fraction of sp³-hybridized carbons (Fsp3) is 0.500. The summed E-state index contributed by atoms with van der Waals surface area (Å²) in [5.74, 6) is 0. The van der Waals surface area contributed by atoms with Crippen molar-refractivity contribution in [3.05, 3.63) is 25.3 Å². The molecule has 0 amide bonds. The van der Waals surface area contributed by atoms with Crippen LogP contribution in [0.4, 0.5) is 0 Å². The molecule has 0 bridgehead atoms. The Kier molecular flexibility index (Phi) is 6.94. The van der Waals surface area contributed by atoms with E-state index in [-0.39, 0.29) is 13.5 Å². The quantitative estimate of drug-likeness (QED) is 0.429. The van der Waals surface area contributed by atoms with Crippen molar-refractivity contribution in [1.82, 2.24) is 0 Å². The lowest BCUT2D eigenvalue weighted by Crippen LogP contribution is -2.39. The Hall–Kier alpha value is -0.210. The average Bonchev–Trinajstić information content (AvgIpc) is 1.64. The molecule has 0 N–H and O–H groups in total. The summed E-state index contributed by atoms with van der Waals surface area (Å²) in [5.41, 5.74) is 0. The minimum atomic E-state index is 0. The Balaban J connectivity index is 0. The highest BCUT2D eigenvalue weighted by atomic mass is 32.1. The maximum Gasteiger partial charge on any atom is 2.00 e. The van der Waals surface area contributed by atoms with Gasteiger partial charge in [-0.3, -0.25) is 0 Å². The molecule has 0 unspecified atom stereocenters. The summed E-state index contributed by atoms with van der Waals surface area (Å²) in [5, 5.41) is 0. The van der Waals surface area contributed by atoms with Crippen LogP contribution >= 0.6 is 0 Å². The summed E-state index contributed by atoms with van der Waals surface area (Å²) in [6.45, 7) is 9.37. The van der Waals surface area contributed by atoms with Gasteiger partial charge in [-0.05, 0) is 12.2 Å². The van der Waals surface area contributed by atoms with Crippen LogP contribution in [-0.2, 0) is 13.5 Å². The van der Waals surface area contributed by atoms with Gasteiger partial charge >= 0.3 is 13.5 Å². The molecule has 4 radical (unpaired) electrons. The van der Waals surface area contributed by atoms with Crippen LogP contribution in [0.5, 0.6) is 0 Å². The molecule has 0 aromatic rings. The molecule has 10 heavy (non-hydrogen) atoms. The second-order valence-electron chi connectivity index (χ2n) is 2.88. The predicted octanol–water partition coefficient (Wildman–Crippen LogP) is 1.43. The van der Waals surface area contributed by atoms with Crippen LogP contribution in [0, 0.1) is 0 Å². The van der Waals surface area contributed by atoms with Crippen LogP contribution in [0.3, 0.4) is 0 Å². The first-order valence-electron chi connectivity index (χ1n) is 3.16. The molecule has 0 saturated heterocycles. The van der Waals surface area contributed by atoms with Gasteiger partial charge in [-0.2, -0.15) is 0 Å². The van der Waals surface area contributed by atoms with E-state index in [9.17, 15) is 0 Å². The van der Waals surface area contributed by atoms with Gasteiger partial charge in [0.25, 0.3) is 0 Å². The fourth-order valence-electron chi connectivity index (χ4n) is 0.774. The maximum atomic E-state index is 3.68. The summed E-state index contributed by atoms with van der Waals surface area (Å²) in [6.07, 6.45) is 3.87. The first kappa shape index (κ1) is 12.5. The molecule has 0 rings (SSSR count). The van der Waals surface area contributed by atoms with E-state index in [1.165, 1.54) is 0 Å².